The van der Waals surface area contributed by atoms with Gasteiger partial charge < -0.3 is 9.64 Å². The van der Waals surface area contributed by atoms with Gasteiger partial charge in [0, 0.05) is 24.7 Å². The van der Waals surface area contributed by atoms with Gasteiger partial charge in [0.15, 0.2) is 0 Å². The molecule has 106 valence electrons. The van der Waals surface area contributed by atoms with Gasteiger partial charge in [-0.3, -0.25) is 0 Å². The number of hydrogen-bond donors (Lipinski definition) is 0. The average Bonchev–Trinajstić information content (AvgIpc) is 2.88. The van der Waals surface area contributed by atoms with Crippen molar-refractivity contribution in [3.8, 4) is 11.8 Å². The maximum atomic E-state index is 13.2. The van der Waals surface area contributed by atoms with Crippen molar-refractivity contribution >= 4 is 5.69 Å². The van der Waals surface area contributed by atoms with Crippen molar-refractivity contribution in [2.75, 3.05) is 18.5 Å². The van der Waals surface area contributed by atoms with Crippen LogP contribution in [0, 0.1) is 17.1 Å². The zero-order valence-corrected chi connectivity index (χ0v) is 11.7. The molecule has 1 aliphatic rings. The van der Waals surface area contributed by atoms with Gasteiger partial charge in [-0.05, 0) is 42.5 Å². The second kappa shape index (κ2) is 5.45. The minimum atomic E-state index is -0.224. The average molecular weight is 282 g/mol. The smallest absolute Gasteiger partial charge is 0.123 e. The fourth-order valence-electron chi connectivity index (χ4n) is 2.59. The molecule has 0 aliphatic carbocycles. The quantitative estimate of drug-likeness (QED) is 0.867. The summed E-state index contributed by atoms with van der Waals surface area (Å²) in [7, 11) is 1.98. The number of benzene rings is 2. The predicted octanol–water partition coefficient (Wildman–Crippen LogP) is 3.14. The van der Waals surface area contributed by atoms with E-state index in [4.69, 9.17) is 10.00 Å². The SMILES string of the molecule is CN(CC1Cc2cc(F)ccc2O1)c1ccc(C#N)cc1. The Kier molecular flexibility index (Phi) is 3.49. The maximum Gasteiger partial charge on any atom is 0.123 e. The molecule has 0 radical (unpaired) electrons. The van der Waals surface area contributed by atoms with Crippen LogP contribution in [0.25, 0.3) is 0 Å². The molecule has 0 aromatic heterocycles. The molecule has 4 heteroatoms. The molecule has 1 unspecified atom stereocenters. The topological polar surface area (TPSA) is 36.3 Å². The summed E-state index contributed by atoms with van der Waals surface area (Å²) in [5, 5.41) is 8.81. The van der Waals surface area contributed by atoms with Crippen LogP contribution in [-0.4, -0.2) is 19.7 Å². The first-order valence-electron chi connectivity index (χ1n) is 6.82. The van der Waals surface area contributed by atoms with Gasteiger partial charge in [0.2, 0.25) is 0 Å². The van der Waals surface area contributed by atoms with Crippen LogP contribution in [-0.2, 0) is 6.42 Å². The highest BCUT2D eigenvalue weighted by Crippen LogP contribution is 2.30. The Morgan fingerprint density at radius 1 is 1.29 bits per heavy atom. The third-order valence-corrected chi connectivity index (χ3v) is 3.68. The number of halogens is 1. The third-order valence-electron chi connectivity index (χ3n) is 3.68. The molecular weight excluding hydrogens is 267 g/mol. The molecule has 0 saturated heterocycles. The Morgan fingerprint density at radius 3 is 2.76 bits per heavy atom. The number of ether oxygens (including phenoxy) is 1. The van der Waals surface area contributed by atoms with E-state index in [0.29, 0.717) is 18.5 Å². The molecule has 1 heterocycles. The summed E-state index contributed by atoms with van der Waals surface area (Å²) >= 11 is 0. The van der Waals surface area contributed by atoms with Crippen molar-refractivity contribution < 1.29 is 9.13 Å². The first-order valence-corrected chi connectivity index (χ1v) is 6.82. The van der Waals surface area contributed by atoms with Crippen LogP contribution in [0.5, 0.6) is 5.75 Å². The Hall–Kier alpha value is -2.54. The van der Waals surface area contributed by atoms with Gasteiger partial charge in [-0.1, -0.05) is 0 Å². The van der Waals surface area contributed by atoms with Gasteiger partial charge in [0.05, 0.1) is 18.2 Å². The monoisotopic (exact) mass is 282 g/mol. The van der Waals surface area contributed by atoms with Crippen molar-refractivity contribution in [1.82, 2.24) is 0 Å². The summed E-state index contributed by atoms with van der Waals surface area (Å²) < 4.78 is 19.0. The summed E-state index contributed by atoms with van der Waals surface area (Å²) in [6.07, 6.45) is 0.732. The minimum absolute atomic E-state index is 0.0162. The molecule has 1 aliphatic heterocycles. The number of fused-ring (bicyclic) bond motifs is 1. The lowest BCUT2D eigenvalue weighted by Gasteiger charge is -2.23. The zero-order chi connectivity index (χ0) is 14.8. The van der Waals surface area contributed by atoms with Crippen molar-refractivity contribution in [3.63, 3.8) is 0 Å². The van der Waals surface area contributed by atoms with Crippen molar-refractivity contribution in [2.24, 2.45) is 0 Å². The number of anilines is 1. The van der Waals surface area contributed by atoms with Gasteiger partial charge >= 0.3 is 0 Å². The van der Waals surface area contributed by atoms with Crippen LogP contribution < -0.4 is 9.64 Å². The van der Waals surface area contributed by atoms with E-state index < -0.39 is 0 Å². The van der Waals surface area contributed by atoms with E-state index in [1.807, 2.05) is 19.2 Å². The lowest BCUT2D eigenvalue weighted by molar-refractivity contribution is 0.239. The van der Waals surface area contributed by atoms with E-state index in [9.17, 15) is 4.39 Å². The van der Waals surface area contributed by atoms with E-state index in [1.165, 1.54) is 12.1 Å². The summed E-state index contributed by atoms with van der Waals surface area (Å²) in [5.74, 6) is 0.549. The largest absolute Gasteiger partial charge is 0.488 e. The van der Waals surface area contributed by atoms with E-state index in [2.05, 4.69) is 11.0 Å². The van der Waals surface area contributed by atoms with Crippen LogP contribution in [0.1, 0.15) is 11.1 Å². The molecule has 0 spiro atoms. The van der Waals surface area contributed by atoms with Crippen molar-refractivity contribution in [2.45, 2.75) is 12.5 Å². The molecule has 21 heavy (non-hydrogen) atoms. The van der Waals surface area contributed by atoms with Crippen molar-refractivity contribution in [1.29, 1.82) is 5.26 Å². The van der Waals surface area contributed by atoms with Gasteiger partial charge in [-0.25, -0.2) is 4.39 Å². The van der Waals surface area contributed by atoms with E-state index in [0.717, 1.165) is 17.0 Å². The van der Waals surface area contributed by atoms with E-state index >= 15 is 0 Å². The minimum Gasteiger partial charge on any atom is -0.488 e. The summed E-state index contributed by atoms with van der Waals surface area (Å²) in [5.41, 5.74) is 2.60. The standard InChI is InChI=1S/C17H15FN2O/c1-20(15-5-2-12(10-19)3-6-15)11-16-9-13-8-14(18)4-7-17(13)21-16/h2-8,16H,9,11H2,1H3. The molecule has 0 bridgehead atoms. The van der Waals surface area contributed by atoms with Crippen LogP contribution in [0.2, 0.25) is 0 Å². The number of nitriles is 1. The molecule has 0 fully saturated rings. The molecule has 3 rings (SSSR count). The van der Waals surface area contributed by atoms with Gasteiger partial charge in [-0.15, -0.1) is 0 Å². The first-order chi connectivity index (χ1) is 10.2. The second-order valence-corrected chi connectivity index (χ2v) is 5.24. The Morgan fingerprint density at radius 2 is 2.05 bits per heavy atom. The van der Waals surface area contributed by atoms with Gasteiger partial charge in [0.1, 0.15) is 17.7 Å². The van der Waals surface area contributed by atoms with Gasteiger partial charge in [-0.2, -0.15) is 5.26 Å². The Bertz CT molecular complexity index is 691. The molecule has 0 amide bonds. The van der Waals surface area contributed by atoms with E-state index in [1.54, 1.807) is 18.2 Å². The second-order valence-electron chi connectivity index (χ2n) is 5.24. The molecular formula is C17H15FN2O. The number of hydrogen-bond acceptors (Lipinski definition) is 3. The summed E-state index contributed by atoms with van der Waals surface area (Å²) in [6, 6.07) is 14.2. The third kappa shape index (κ3) is 2.82. The number of likely N-dealkylation sites (N-methyl/N-ethyl adjacent to an activating group) is 1. The molecule has 2 aromatic rings. The van der Waals surface area contributed by atoms with Crippen molar-refractivity contribution in [3.05, 3.63) is 59.4 Å². The Balaban J connectivity index is 1.66. The summed E-state index contributed by atoms with van der Waals surface area (Å²) in [6.45, 7) is 0.711. The maximum absolute atomic E-state index is 13.2. The summed E-state index contributed by atoms with van der Waals surface area (Å²) in [4.78, 5) is 2.08. The highest BCUT2D eigenvalue weighted by atomic mass is 19.1. The Labute approximate surface area is 123 Å². The molecule has 1 atom stereocenters. The highest BCUT2D eigenvalue weighted by molar-refractivity contribution is 5.49. The molecule has 0 saturated carbocycles. The predicted molar refractivity (Wildman–Crippen MR) is 78.9 cm³/mol. The first kappa shape index (κ1) is 13.4. The van der Waals surface area contributed by atoms with Gasteiger partial charge in [0.25, 0.3) is 0 Å². The molecule has 2 aromatic carbocycles. The molecule has 0 N–H and O–H groups in total. The fourth-order valence-corrected chi connectivity index (χ4v) is 2.59. The van der Waals surface area contributed by atoms with Crippen LogP contribution in [0.3, 0.4) is 0 Å². The van der Waals surface area contributed by atoms with Crippen LogP contribution >= 0.6 is 0 Å². The van der Waals surface area contributed by atoms with E-state index in [-0.39, 0.29) is 11.9 Å². The van der Waals surface area contributed by atoms with Crippen LogP contribution in [0.15, 0.2) is 42.5 Å². The lowest BCUT2D eigenvalue weighted by atomic mass is 10.1. The highest BCUT2D eigenvalue weighted by Gasteiger charge is 2.24. The normalized spacial score (nSPS) is 16.0. The molecule has 3 nitrogen and oxygen atoms in total. The zero-order valence-electron chi connectivity index (χ0n) is 11.7. The lowest BCUT2D eigenvalue weighted by Crippen LogP contribution is -2.31. The number of nitrogens with zero attached hydrogens (tertiary/aromatic N) is 2. The van der Waals surface area contributed by atoms with Crippen LogP contribution in [0.4, 0.5) is 10.1 Å². The number of rotatable bonds is 3. The fraction of sp³-hybridized carbons (Fsp3) is 0.235.